The monoisotopic (exact) mass is 306 g/mol. The number of hydrogen-bond donors (Lipinski definition) is 1. The van der Waals surface area contributed by atoms with Crippen molar-refractivity contribution in [1.82, 2.24) is 10.3 Å². The minimum absolute atomic E-state index is 0.0499. The van der Waals surface area contributed by atoms with Gasteiger partial charge in [-0.2, -0.15) is 0 Å². The van der Waals surface area contributed by atoms with Gasteiger partial charge < -0.3 is 10.1 Å². The Hall–Kier alpha value is -0.460. The molecule has 0 aromatic carbocycles. The van der Waals surface area contributed by atoms with Crippen molar-refractivity contribution in [2.24, 2.45) is 0 Å². The Kier molecular flexibility index (Phi) is 6.59. The van der Waals surface area contributed by atoms with Crippen LogP contribution in [0.25, 0.3) is 0 Å². The van der Waals surface area contributed by atoms with Gasteiger partial charge in [-0.3, -0.25) is 4.79 Å². The van der Waals surface area contributed by atoms with Crippen molar-refractivity contribution in [3.05, 3.63) is 16.1 Å². The van der Waals surface area contributed by atoms with E-state index in [4.69, 9.17) is 4.74 Å². The van der Waals surface area contributed by atoms with Gasteiger partial charge in [-0.05, 0) is 13.3 Å². The van der Waals surface area contributed by atoms with E-state index < -0.39 is 0 Å². The molecule has 0 bridgehead atoms. The van der Waals surface area contributed by atoms with E-state index in [1.165, 1.54) is 11.3 Å². The first-order chi connectivity index (χ1) is 7.74. The normalized spacial score (nSPS) is 10.4. The van der Waals surface area contributed by atoms with Crippen LogP contribution >= 0.6 is 27.3 Å². The number of alkyl halides is 1. The molecule has 0 saturated carbocycles. The van der Waals surface area contributed by atoms with Crippen LogP contribution in [-0.4, -0.2) is 36.0 Å². The molecule has 0 aliphatic rings. The van der Waals surface area contributed by atoms with E-state index in [0.717, 1.165) is 16.8 Å². The fourth-order valence-corrected chi connectivity index (χ4v) is 2.01. The Bertz CT molecular complexity index is 330. The number of hydrogen-bond acceptors (Lipinski definition) is 4. The van der Waals surface area contributed by atoms with Gasteiger partial charge in [0.2, 0.25) is 0 Å². The van der Waals surface area contributed by atoms with Gasteiger partial charge in [0.1, 0.15) is 4.88 Å². The van der Waals surface area contributed by atoms with Crippen molar-refractivity contribution in [1.29, 1.82) is 0 Å². The molecule has 1 amide bonds. The molecule has 0 radical (unpaired) electrons. The highest BCUT2D eigenvalue weighted by molar-refractivity contribution is 9.09. The summed E-state index contributed by atoms with van der Waals surface area (Å²) in [5.41, 5.74) is 0. The smallest absolute Gasteiger partial charge is 0.263 e. The van der Waals surface area contributed by atoms with Gasteiger partial charge in [-0.15, -0.1) is 11.3 Å². The van der Waals surface area contributed by atoms with Crippen LogP contribution in [0.15, 0.2) is 6.20 Å². The van der Waals surface area contributed by atoms with Gasteiger partial charge in [-0.25, -0.2) is 4.98 Å². The second-order valence-electron chi connectivity index (χ2n) is 3.15. The summed E-state index contributed by atoms with van der Waals surface area (Å²) in [4.78, 5) is 16.3. The lowest BCUT2D eigenvalue weighted by Gasteiger charge is -2.03. The first-order valence-electron chi connectivity index (χ1n) is 5.08. The third kappa shape index (κ3) is 5.05. The van der Waals surface area contributed by atoms with E-state index in [1.807, 2.05) is 6.92 Å². The molecule has 1 N–H and O–H groups in total. The third-order valence-corrected chi connectivity index (χ3v) is 3.05. The predicted molar refractivity (Wildman–Crippen MR) is 68.4 cm³/mol. The lowest BCUT2D eigenvalue weighted by atomic mass is 10.4. The SMILES string of the molecule is Cc1ncc(C(=O)NCCCOCCBr)s1. The van der Waals surface area contributed by atoms with Crippen molar-refractivity contribution in [3.8, 4) is 0 Å². The summed E-state index contributed by atoms with van der Waals surface area (Å²) in [5.74, 6) is -0.0499. The number of carbonyl (C=O) groups is 1. The first-order valence-corrected chi connectivity index (χ1v) is 7.02. The molecule has 90 valence electrons. The number of aromatic nitrogens is 1. The highest BCUT2D eigenvalue weighted by Crippen LogP contribution is 2.10. The van der Waals surface area contributed by atoms with Crippen LogP contribution < -0.4 is 5.32 Å². The first kappa shape index (κ1) is 13.6. The fraction of sp³-hybridized carbons (Fsp3) is 0.600. The number of nitrogens with zero attached hydrogens (tertiary/aromatic N) is 1. The summed E-state index contributed by atoms with van der Waals surface area (Å²) in [7, 11) is 0. The quantitative estimate of drug-likeness (QED) is 0.619. The van der Waals surface area contributed by atoms with Crippen LogP contribution in [0.1, 0.15) is 21.1 Å². The van der Waals surface area contributed by atoms with Crippen molar-refractivity contribution < 1.29 is 9.53 Å². The molecular formula is C10H15BrN2O2S. The molecular weight excluding hydrogens is 292 g/mol. The zero-order valence-corrected chi connectivity index (χ0v) is 11.6. The Morgan fingerprint density at radius 2 is 2.44 bits per heavy atom. The van der Waals surface area contributed by atoms with Gasteiger partial charge in [0, 0.05) is 18.5 Å². The molecule has 6 heteroatoms. The van der Waals surface area contributed by atoms with Crippen LogP contribution in [0, 0.1) is 6.92 Å². The summed E-state index contributed by atoms with van der Waals surface area (Å²) in [6.45, 7) is 3.91. The van der Waals surface area contributed by atoms with Crippen LogP contribution in [0.3, 0.4) is 0 Å². The molecule has 1 rings (SSSR count). The number of amides is 1. The van der Waals surface area contributed by atoms with Crippen LogP contribution in [-0.2, 0) is 4.74 Å². The van der Waals surface area contributed by atoms with E-state index >= 15 is 0 Å². The van der Waals surface area contributed by atoms with Crippen molar-refractivity contribution in [2.45, 2.75) is 13.3 Å². The third-order valence-electron chi connectivity index (χ3n) is 1.82. The van der Waals surface area contributed by atoms with Crippen molar-refractivity contribution >= 4 is 33.2 Å². The van der Waals surface area contributed by atoms with E-state index in [1.54, 1.807) is 6.20 Å². The van der Waals surface area contributed by atoms with Crippen molar-refractivity contribution in [3.63, 3.8) is 0 Å². The minimum Gasteiger partial charge on any atom is -0.381 e. The standard InChI is InChI=1S/C10H15BrN2O2S/c1-8-13-7-9(16-8)10(14)12-4-2-5-15-6-3-11/h7H,2-6H2,1H3,(H,12,14). The second kappa shape index (κ2) is 7.76. The summed E-state index contributed by atoms with van der Waals surface area (Å²) in [6, 6.07) is 0. The molecule has 1 aromatic heterocycles. The summed E-state index contributed by atoms with van der Waals surface area (Å²) >= 11 is 4.68. The van der Waals surface area contributed by atoms with Gasteiger partial charge in [-0.1, -0.05) is 15.9 Å². The molecule has 0 unspecified atom stereocenters. The van der Waals surface area contributed by atoms with E-state index in [2.05, 4.69) is 26.2 Å². The number of aryl methyl sites for hydroxylation is 1. The number of ether oxygens (including phenoxy) is 1. The molecule has 1 aromatic rings. The fourth-order valence-electron chi connectivity index (χ4n) is 1.09. The minimum atomic E-state index is -0.0499. The molecule has 0 spiro atoms. The average molecular weight is 307 g/mol. The lowest BCUT2D eigenvalue weighted by molar-refractivity contribution is 0.0948. The Morgan fingerprint density at radius 3 is 3.06 bits per heavy atom. The summed E-state index contributed by atoms with van der Waals surface area (Å²) in [5, 5.41) is 4.58. The van der Waals surface area contributed by atoms with Gasteiger partial charge in [0.15, 0.2) is 0 Å². The van der Waals surface area contributed by atoms with E-state index in [9.17, 15) is 4.79 Å². The average Bonchev–Trinajstić information content (AvgIpc) is 2.70. The molecule has 0 aliphatic heterocycles. The highest BCUT2D eigenvalue weighted by atomic mass is 79.9. The van der Waals surface area contributed by atoms with Crippen LogP contribution in [0.4, 0.5) is 0 Å². The van der Waals surface area contributed by atoms with Crippen LogP contribution in [0.2, 0.25) is 0 Å². The molecule has 0 saturated heterocycles. The summed E-state index contributed by atoms with van der Waals surface area (Å²) in [6.07, 6.45) is 2.44. The second-order valence-corrected chi connectivity index (χ2v) is 5.18. The van der Waals surface area contributed by atoms with E-state index in [-0.39, 0.29) is 5.91 Å². The number of halogens is 1. The molecule has 0 fully saturated rings. The zero-order valence-electron chi connectivity index (χ0n) is 9.16. The number of thiazole rings is 1. The largest absolute Gasteiger partial charge is 0.381 e. The molecule has 0 atom stereocenters. The maximum atomic E-state index is 11.6. The van der Waals surface area contributed by atoms with E-state index in [0.29, 0.717) is 24.6 Å². The number of nitrogens with one attached hydrogen (secondary N) is 1. The molecule has 1 heterocycles. The van der Waals surface area contributed by atoms with Gasteiger partial charge in [0.05, 0.1) is 17.8 Å². The van der Waals surface area contributed by atoms with Crippen molar-refractivity contribution in [2.75, 3.05) is 25.1 Å². The predicted octanol–water partition coefficient (Wildman–Crippen LogP) is 1.98. The molecule has 4 nitrogen and oxygen atoms in total. The lowest BCUT2D eigenvalue weighted by Crippen LogP contribution is -2.24. The van der Waals surface area contributed by atoms with Gasteiger partial charge >= 0.3 is 0 Å². The maximum absolute atomic E-state index is 11.6. The number of carbonyl (C=O) groups excluding carboxylic acids is 1. The Morgan fingerprint density at radius 1 is 1.62 bits per heavy atom. The van der Waals surface area contributed by atoms with Crippen LogP contribution in [0.5, 0.6) is 0 Å². The zero-order chi connectivity index (χ0) is 11.8. The van der Waals surface area contributed by atoms with Gasteiger partial charge in [0.25, 0.3) is 5.91 Å². The Balaban J connectivity index is 2.11. The highest BCUT2D eigenvalue weighted by Gasteiger charge is 2.07. The maximum Gasteiger partial charge on any atom is 0.263 e. The number of rotatable bonds is 7. The Labute approximate surface area is 108 Å². The molecule has 0 aliphatic carbocycles. The topological polar surface area (TPSA) is 51.2 Å². The molecule has 16 heavy (non-hydrogen) atoms. The summed E-state index contributed by atoms with van der Waals surface area (Å²) < 4.78 is 5.27.